The lowest BCUT2D eigenvalue weighted by Crippen LogP contribution is -2.25. The average Bonchev–Trinajstić information content (AvgIpc) is 3.30. The molecule has 0 radical (unpaired) electrons. The van der Waals surface area contributed by atoms with E-state index in [-0.39, 0.29) is 5.91 Å². The summed E-state index contributed by atoms with van der Waals surface area (Å²) < 4.78 is 3.08. The molecule has 3 aromatic rings. The molecule has 0 saturated carbocycles. The van der Waals surface area contributed by atoms with Crippen LogP contribution in [-0.4, -0.2) is 21.4 Å². The first-order valence-electron chi connectivity index (χ1n) is 9.01. The molecule has 0 bridgehead atoms. The summed E-state index contributed by atoms with van der Waals surface area (Å²) in [5.74, 6) is 0.437. The first kappa shape index (κ1) is 18.3. The molecule has 1 aliphatic carbocycles. The second-order valence-corrected chi connectivity index (χ2v) is 8.46. The van der Waals surface area contributed by atoms with Crippen LogP contribution in [0.1, 0.15) is 23.4 Å². The number of fused-ring (bicyclic) bond motifs is 1. The van der Waals surface area contributed by atoms with Crippen LogP contribution in [-0.2, 0) is 24.2 Å². The lowest BCUT2D eigenvalue weighted by atomic mass is 10.2. The summed E-state index contributed by atoms with van der Waals surface area (Å²) in [5, 5.41) is 7.82. The second kappa shape index (κ2) is 8.31. The van der Waals surface area contributed by atoms with E-state index >= 15 is 0 Å². The Bertz CT molecular complexity index is 938. The maximum Gasteiger partial charge on any atom is 0.230 e. The van der Waals surface area contributed by atoms with E-state index in [1.165, 1.54) is 11.3 Å². The number of rotatable bonds is 6. The van der Waals surface area contributed by atoms with Crippen molar-refractivity contribution in [3.05, 3.63) is 76.0 Å². The minimum absolute atomic E-state index is 0.0314. The smallest absolute Gasteiger partial charge is 0.230 e. The highest BCUT2D eigenvalue weighted by atomic mass is 79.9. The number of hydrogen-bond acceptors (Lipinski definition) is 3. The molecule has 0 fully saturated rings. The summed E-state index contributed by atoms with van der Waals surface area (Å²) in [7, 11) is 0. The number of halogens is 1. The summed E-state index contributed by atoms with van der Waals surface area (Å²) in [6.07, 6.45) is 3.24. The summed E-state index contributed by atoms with van der Waals surface area (Å²) in [6.45, 7) is 0.488. The number of nitrogens with zero attached hydrogens (tertiary/aromatic N) is 2. The summed E-state index contributed by atoms with van der Waals surface area (Å²) in [4.78, 5) is 13.3. The maximum absolute atomic E-state index is 12.3. The summed E-state index contributed by atoms with van der Waals surface area (Å²) in [6, 6.07) is 18.2. The predicted octanol–water partition coefficient (Wildman–Crippen LogP) is 4.53. The molecule has 4 nitrogen and oxygen atoms in total. The Kier molecular flexibility index (Phi) is 5.64. The topological polar surface area (TPSA) is 46.9 Å². The fourth-order valence-corrected chi connectivity index (χ4v) is 4.34. The van der Waals surface area contributed by atoms with Gasteiger partial charge in [0.05, 0.1) is 23.7 Å². The van der Waals surface area contributed by atoms with Crippen molar-refractivity contribution in [2.45, 2.75) is 30.7 Å². The van der Waals surface area contributed by atoms with Gasteiger partial charge in [-0.3, -0.25) is 4.79 Å². The van der Waals surface area contributed by atoms with Crippen molar-refractivity contribution >= 4 is 33.6 Å². The van der Waals surface area contributed by atoms with Crippen LogP contribution in [0.2, 0.25) is 0 Å². The number of nitrogens with one attached hydrogen (secondary N) is 1. The van der Waals surface area contributed by atoms with Gasteiger partial charge >= 0.3 is 0 Å². The fourth-order valence-electron chi connectivity index (χ4n) is 3.35. The minimum Gasteiger partial charge on any atom is -0.350 e. The lowest BCUT2D eigenvalue weighted by molar-refractivity contribution is -0.118. The second-order valence-electron chi connectivity index (χ2n) is 6.49. The maximum atomic E-state index is 12.3. The van der Waals surface area contributed by atoms with E-state index in [9.17, 15) is 4.79 Å². The van der Waals surface area contributed by atoms with Gasteiger partial charge in [0.15, 0.2) is 0 Å². The zero-order chi connectivity index (χ0) is 18.6. The third-order valence-electron chi connectivity index (χ3n) is 4.65. The zero-order valence-electron chi connectivity index (χ0n) is 14.8. The van der Waals surface area contributed by atoms with Gasteiger partial charge in [0.1, 0.15) is 0 Å². The van der Waals surface area contributed by atoms with Crippen molar-refractivity contribution in [1.82, 2.24) is 15.1 Å². The first-order valence-corrected chi connectivity index (χ1v) is 10.8. The number of thioether (sulfide) groups is 1. The Morgan fingerprint density at radius 2 is 1.89 bits per heavy atom. The zero-order valence-corrected chi connectivity index (χ0v) is 17.2. The van der Waals surface area contributed by atoms with Crippen LogP contribution in [0, 0.1) is 0 Å². The summed E-state index contributed by atoms with van der Waals surface area (Å²) >= 11 is 4.96. The van der Waals surface area contributed by atoms with Gasteiger partial charge in [-0.1, -0.05) is 34.1 Å². The van der Waals surface area contributed by atoms with Crippen LogP contribution in [0.3, 0.4) is 0 Å². The Morgan fingerprint density at radius 1 is 1.11 bits per heavy atom. The third-order valence-corrected chi connectivity index (χ3v) is 6.19. The standard InChI is InChI=1S/C21H20BrN3OS/c22-15-9-11-17(12-10-15)27-14-21(26)23-13-19-18-7-4-8-20(18)25(24-19)16-5-2-1-3-6-16/h1-3,5-6,9-12H,4,7-8,13-14H2,(H,23,26). The third kappa shape index (κ3) is 4.28. The lowest BCUT2D eigenvalue weighted by Gasteiger charge is -2.06. The Balaban J connectivity index is 1.40. The van der Waals surface area contributed by atoms with Gasteiger partial charge in [0, 0.05) is 15.1 Å². The van der Waals surface area contributed by atoms with Gasteiger partial charge in [-0.05, 0) is 61.2 Å². The molecule has 1 N–H and O–H groups in total. The van der Waals surface area contributed by atoms with Gasteiger partial charge in [-0.15, -0.1) is 11.8 Å². The van der Waals surface area contributed by atoms with E-state index in [1.807, 2.05) is 47.1 Å². The van der Waals surface area contributed by atoms with Gasteiger partial charge in [-0.25, -0.2) is 4.68 Å². The molecule has 138 valence electrons. The molecule has 1 aromatic heterocycles. The van der Waals surface area contributed by atoms with E-state index in [2.05, 4.69) is 33.4 Å². The summed E-state index contributed by atoms with van der Waals surface area (Å²) in [5.41, 5.74) is 4.67. The number of para-hydroxylation sites is 1. The van der Waals surface area contributed by atoms with Crippen LogP contribution >= 0.6 is 27.7 Å². The van der Waals surface area contributed by atoms with Gasteiger partial charge in [0.25, 0.3) is 0 Å². The molecule has 1 aliphatic rings. The van der Waals surface area contributed by atoms with E-state index in [1.54, 1.807) is 11.8 Å². The van der Waals surface area contributed by atoms with Crippen LogP contribution in [0.15, 0.2) is 64.0 Å². The highest BCUT2D eigenvalue weighted by molar-refractivity contribution is 9.10. The Labute approximate surface area is 171 Å². The molecule has 0 unspecified atom stereocenters. The normalized spacial score (nSPS) is 12.8. The van der Waals surface area contributed by atoms with Crippen molar-refractivity contribution in [2.24, 2.45) is 0 Å². The van der Waals surface area contributed by atoms with Crippen LogP contribution < -0.4 is 5.32 Å². The molecule has 1 amide bonds. The van der Waals surface area contributed by atoms with Gasteiger partial charge < -0.3 is 5.32 Å². The average molecular weight is 442 g/mol. The van der Waals surface area contributed by atoms with E-state index in [4.69, 9.17) is 5.10 Å². The molecule has 1 heterocycles. The van der Waals surface area contributed by atoms with Crippen molar-refractivity contribution in [3.8, 4) is 5.69 Å². The molecule has 0 atom stereocenters. The van der Waals surface area contributed by atoms with Crippen LogP contribution in [0.4, 0.5) is 0 Å². The van der Waals surface area contributed by atoms with Gasteiger partial charge in [-0.2, -0.15) is 5.10 Å². The minimum atomic E-state index is 0.0314. The largest absolute Gasteiger partial charge is 0.350 e. The fraction of sp³-hybridized carbons (Fsp3) is 0.238. The van der Waals surface area contributed by atoms with E-state index in [0.29, 0.717) is 12.3 Å². The molecule has 6 heteroatoms. The molecular weight excluding hydrogens is 422 g/mol. The Hall–Kier alpha value is -2.05. The molecular formula is C21H20BrN3OS. The van der Waals surface area contributed by atoms with Crippen molar-refractivity contribution in [3.63, 3.8) is 0 Å². The molecule has 0 saturated heterocycles. The van der Waals surface area contributed by atoms with E-state index < -0.39 is 0 Å². The highest BCUT2D eigenvalue weighted by Crippen LogP contribution is 2.27. The number of hydrogen-bond donors (Lipinski definition) is 1. The monoisotopic (exact) mass is 441 g/mol. The van der Waals surface area contributed by atoms with Crippen molar-refractivity contribution in [2.75, 3.05) is 5.75 Å². The molecule has 4 rings (SSSR count). The number of amides is 1. The first-order chi connectivity index (χ1) is 13.2. The molecule has 0 aliphatic heterocycles. The van der Waals surface area contributed by atoms with Crippen molar-refractivity contribution < 1.29 is 4.79 Å². The SMILES string of the molecule is O=C(CSc1ccc(Br)cc1)NCc1nn(-c2ccccc2)c2c1CCC2. The van der Waals surface area contributed by atoms with Gasteiger partial charge in [0.2, 0.25) is 5.91 Å². The Morgan fingerprint density at radius 3 is 2.67 bits per heavy atom. The number of carbonyl (C=O) groups excluding carboxylic acids is 1. The molecule has 0 spiro atoms. The highest BCUT2D eigenvalue weighted by Gasteiger charge is 2.23. The molecule has 2 aromatic carbocycles. The molecule has 27 heavy (non-hydrogen) atoms. The van der Waals surface area contributed by atoms with Crippen molar-refractivity contribution in [1.29, 1.82) is 0 Å². The quantitative estimate of drug-likeness (QED) is 0.571. The van der Waals surface area contributed by atoms with E-state index in [0.717, 1.165) is 40.0 Å². The number of benzene rings is 2. The van der Waals surface area contributed by atoms with Crippen LogP contribution in [0.5, 0.6) is 0 Å². The number of aromatic nitrogens is 2. The number of carbonyl (C=O) groups is 1. The van der Waals surface area contributed by atoms with Crippen LogP contribution in [0.25, 0.3) is 5.69 Å². The predicted molar refractivity (Wildman–Crippen MR) is 112 cm³/mol.